The van der Waals surface area contributed by atoms with Gasteiger partial charge in [-0.15, -0.1) is 0 Å². The van der Waals surface area contributed by atoms with Gasteiger partial charge in [0.05, 0.1) is 15.0 Å². The lowest BCUT2D eigenvalue weighted by Crippen LogP contribution is -2.06. The van der Waals surface area contributed by atoms with Crippen LogP contribution in [0.15, 0.2) is 36.4 Å². The normalized spacial score (nSPS) is 12.0. The fourth-order valence-electron chi connectivity index (χ4n) is 1.86. The van der Waals surface area contributed by atoms with Crippen LogP contribution in [0.2, 0.25) is 15.1 Å². The molecule has 0 aliphatic heterocycles. The maximum Gasteiger partial charge on any atom is 0.288 e. The number of nitrogens with zero attached hydrogens (tertiary/aromatic N) is 1. The van der Waals surface area contributed by atoms with Gasteiger partial charge < -0.3 is 5.32 Å². The van der Waals surface area contributed by atoms with Crippen molar-refractivity contribution < 1.29 is 4.92 Å². The second-order valence-electron chi connectivity index (χ2n) is 4.46. The summed E-state index contributed by atoms with van der Waals surface area (Å²) in [6.07, 6.45) is 0. The minimum Gasteiger partial charge on any atom is -0.378 e. The van der Waals surface area contributed by atoms with Gasteiger partial charge in [0.25, 0.3) is 5.69 Å². The summed E-state index contributed by atoms with van der Waals surface area (Å²) in [4.78, 5) is 10.2. The van der Waals surface area contributed by atoms with Gasteiger partial charge in [-0.3, -0.25) is 10.1 Å². The summed E-state index contributed by atoms with van der Waals surface area (Å²) >= 11 is 17.7. The van der Waals surface area contributed by atoms with Crippen LogP contribution in [0.25, 0.3) is 0 Å². The molecule has 0 bridgehead atoms. The van der Waals surface area contributed by atoms with Gasteiger partial charge in [-0.1, -0.05) is 40.9 Å². The van der Waals surface area contributed by atoms with Crippen LogP contribution >= 0.6 is 34.8 Å². The third kappa shape index (κ3) is 3.79. The molecule has 7 heteroatoms. The number of hydrogen-bond acceptors (Lipinski definition) is 3. The van der Waals surface area contributed by atoms with E-state index in [2.05, 4.69) is 5.32 Å². The smallest absolute Gasteiger partial charge is 0.288 e. The lowest BCUT2D eigenvalue weighted by Gasteiger charge is -2.16. The van der Waals surface area contributed by atoms with Crippen molar-refractivity contribution in [1.82, 2.24) is 0 Å². The first-order valence-electron chi connectivity index (χ1n) is 6.04. The number of nitro groups is 1. The van der Waals surface area contributed by atoms with Crippen molar-refractivity contribution >= 4 is 46.2 Å². The zero-order chi connectivity index (χ0) is 15.6. The predicted molar refractivity (Wildman–Crippen MR) is 86.6 cm³/mol. The van der Waals surface area contributed by atoms with Crippen molar-refractivity contribution in [1.29, 1.82) is 0 Å². The van der Waals surface area contributed by atoms with E-state index in [1.54, 1.807) is 18.2 Å². The van der Waals surface area contributed by atoms with Gasteiger partial charge in [0.15, 0.2) is 0 Å². The molecule has 2 rings (SSSR count). The van der Waals surface area contributed by atoms with E-state index in [0.717, 1.165) is 5.56 Å². The average Bonchev–Trinajstić information content (AvgIpc) is 2.41. The molecule has 0 amide bonds. The van der Waals surface area contributed by atoms with Crippen molar-refractivity contribution in [2.45, 2.75) is 13.0 Å². The molecule has 0 fully saturated rings. The molecule has 0 aliphatic carbocycles. The van der Waals surface area contributed by atoms with E-state index in [1.807, 2.05) is 13.0 Å². The van der Waals surface area contributed by atoms with Crippen LogP contribution in [0.4, 0.5) is 11.4 Å². The van der Waals surface area contributed by atoms with E-state index in [4.69, 9.17) is 34.8 Å². The lowest BCUT2D eigenvalue weighted by molar-refractivity contribution is -0.384. The maximum absolute atomic E-state index is 10.7. The Bertz CT molecular complexity index is 692. The van der Waals surface area contributed by atoms with Crippen molar-refractivity contribution in [3.8, 4) is 0 Å². The van der Waals surface area contributed by atoms with E-state index >= 15 is 0 Å². The Labute approximate surface area is 136 Å². The molecule has 0 saturated heterocycles. The first kappa shape index (κ1) is 15.9. The van der Waals surface area contributed by atoms with Crippen LogP contribution in [0.3, 0.4) is 0 Å². The Kier molecular flexibility index (Phi) is 4.93. The van der Waals surface area contributed by atoms with Crippen LogP contribution in [-0.2, 0) is 0 Å². The highest BCUT2D eigenvalue weighted by Gasteiger charge is 2.13. The third-order valence-corrected chi connectivity index (χ3v) is 4.01. The van der Waals surface area contributed by atoms with Gasteiger partial charge >= 0.3 is 0 Å². The van der Waals surface area contributed by atoms with Crippen molar-refractivity contribution in [2.24, 2.45) is 0 Å². The third-order valence-electron chi connectivity index (χ3n) is 2.97. The predicted octanol–water partition coefficient (Wildman–Crippen LogP) is 5.73. The monoisotopic (exact) mass is 344 g/mol. The van der Waals surface area contributed by atoms with Crippen molar-refractivity contribution in [3.63, 3.8) is 0 Å². The van der Waals surface area contributed by atoms with Crippen molar-refractivity contribution in [2.75, 3.05) is 5.32 Å². The second kappa shape index (κ2) is 6.52. The Balaban J connectivity index is 2.19. The summed E-state index contributed by atoms with van der Waals surface area (Å²) in [6, 6.07) is 9.79. The van der Waals surface area contributed by atoms with Gasteiger partial charge in [0, 0.05) is 17.8 Å². The number of rotatable bonds is 4. The highest BCUT2D eigenvalue weighted by Crippen LogP contribution is 2.30. The molecule has 4 nitrogen and oxygen atoms in total. The van der Waals surface area contributed by atoms with E-state index in [0.29, 0.717) is 15.7 Å². The zero-order valence-corrected chi connectivity index (χ0v) is 13.2. The first-order valence-corrected chi connectivity index (χ1v) is 7.17. The Hall–Kier alpha value is -1.49. The highest BCUT2D eigenvalue weighted by atomic mass is 35.5. The summed E-state index contributed by atoms with van der Waals surface area (Å²) in [5.74, 6) is 0. The molecule has 2 aromatic carbocycles. The van der Waals surface area contributed by atoms with Crippen molar-refractivity contribution in [3.05, 3.63) is 67.1 Å². The van der Waals surface area contributed by atoms with Crippen LogP contribution in [-0.4, -0.2) is 4.92 Å². The maximum atomic E-state index is 10.7. The van der Waals surface area contributed by atoms with Gasteiger partial charge in [-0.05, 0) is 36.8 Å². The molecule has 1 atom stereocenters. The number of nitrogens with one attached hydrogen (secondary N) is 1. The number of anilines is 1. The SMILES string of the molecule is CC(Nc1ccc([N+](=O)[O-])c(Cl)c1)c1ccc(Cl)c(Cl)c1. The van der Waals surface area contributed by atoms with Crippen LogP contribution in [0, 0.1) is 10.1 Å². The highest BCUT2D eigenvalue weighted by molar-refractivity contribution is 6.42. The average molecular weight is 346 g/mol. The Morgan fingerprint density at radius 1 is 1.05 bits per heavy atom. The van der Waals surface area contributed by atoms with E-state index in [-0.39, 0.29) is 16.8 Å². The standard InChI is InChI=1S/C14H11Cl3N2O2/c1-8(9-2-4-11(15)12(16)6-9)18-10-3-5-14(19(20)21)13(17)7-10/h2-8,18H,1H3. The van der Waals surface area contributed by atoms with Crippen LogP contribution < -0.4 is 5.32 Å². The van der Waals surface area contributed by atoms with E-state index in [1.165, 1.54) is 12.1 Å². The molecular weight excluding hydrogens is 335 g/mol. The Morgan fingerprint density at radius 2 is 1.76 bits per heavy atom. The van der Waals surface area contributed by atoms with E-state index in [9.17, 15) is 10.1 Å². The molecule has 1 N–H and O–H groups in total. The lowest BCUT2D eigenvalue weighted by atomic mass is 10.1. The summed E-state index contributed by atoms with van der Waals surface area (Å²) in [5.41, 5.74) is 1.51. The van der Waals surface area contributed by atoms with Gasteiger partial charge in [0.2, 0.25) is 0 Å². The van der Waals surface area contributed by atoms with Crippen LogP contribution in [0.1, 0.15) is 18.5 Å². The van der Waals surface area contributed by atoms with Crippen LogP contribution in [0.5, 0.6) is 0 Å². The molecular formula is C14H11Cl3N2O2. The summed E-state index contributed by atoms with van der Waals surface area (Å²) < 4.78 is 0. The molecule has 0 saturated carbocycles. The summed E-state index contributed by atoms with van der Waals surface area (Å²) in [5, 5.41) is 15.0. The van der Waals surface area contributed by atoms with Gasteiger partial charge in [-0.25, -0.2) is 0 Å². The fraction of sp³-hybridized carbons (Fsp3) is 0.143. The largest absolute Gasteiger partial charge is 0.378 e. The fourth-order valence-corrected chi connectivity index (χ4v) is 2.42. The number of benzene rings is 2. The molecule has 0 aromatic heterocycles. The molecule has 2 aromatic rings. The summed E-state index contributed by atoms with van der Waals surface area (Å²) in [7, 11) is 0. The quantitative estimate of drug-likeness (QED) is 0.569. The first-order chi connectivity index (χ1) is 9.88. The molecule has 0 aliphatic rings. The number of hydrogen-bond donors (Lipinski definition) is 1. The number of nitro benzene ring substituents is 1. The number of halogens is 3. The topological polar surface area (TPSA) is 55.2 Å². The van der Waals surface area contributed by atoms with Gasteiger partial charge in [0.1, 0.15) is 5.02 Å². The van der Waals surface area contributed by atoms with E-state index < -0.39 is 4.92 Å². The molecule has 0 heterocycles. The molecule has 0 spiro atoms. The molecule has 110 valence electrons. The summed E-state index contributed by atoms with van der Waals surface area (Å²) in [6.45, 7) is 1.94. The molecule has 0 radical (unpaired) electrons. The second-order valence-corrected chi connectivity index (χ2v) is 5.68. The van der Waals surface area contributed by atoms with Gasteiger partial charge in [-0.2, -0.15) is 0 Å². The zero-order valence-electron chi connectivity index (χ0n) is 10.9. The minimum absolute atomic E-state index is 0.0581. The molecule has 21 heavy (non-hydrogen) atoms. The minimum atomic E-state index is -0.519. The Morgan fingerprint density at radius 3 is 2.33 bits per heavy atom. The molecule has 1 unspecified atom stereocenters.